The SMILES string of the molecule is Fc1ccc(/C=N/N=C/c2ccc(F)cc2)cc1. The van der Waals surface area contributed by atoms with Gasteiger partial charge in [0.1, 0.15) is 11.6 Å². The van der Waals surface area contributed by atoms with Crippen LogP contribution in [0.3, 0.4) is 0 Å². The highest BCUT2D eigenvalue weighted by Gasteiger charge is 1.90. The topological polar surface area (TPSA) is 24.7 Å². The van der Waals surface area contributed by atoms with E-state index in [0.717, 1.165) is 11.1 Å². The van der Waals surface area contributed by atoms with Crippen LogP contribution in [0.5, 0.6) is 0 Å². The Hall–Kier alpha value is -2.36. The van der Waals surface area contributed by atoms with Crippen LogP contribution in [-0.4, -0.2) is 12.4 Å². The molecule has 0 saturated carbocycles. The first kappa shape index (κ1) is 12.1. The number of hydrogen-bond acceptors (Lipinski definition) is 2. The largest absolute Gasteiger partial charge is 0.207 e. The summed E-state index contributed by atoms with van der Waals surface area (Å²) in [4.78, 5) is 0. The molecule has 90 valence electrons. The minimum atomic E-state index is -0.290. The van der Waals surface area contributed by atoms with Crippen LogP contribution in [-0.2, 0) is 0 Å². The summed E-state index contributed by atoms with van der Waals surface area (Å²) in [7, 11) is 0. The van der Waals surface area contributed by atoms with Gasteiger partial charge in [0.2, 0.25) is 0 Å². The molecule has 18 heavy (non-hydrogen) atoms. The summed E-state index contributed by atoms with van der Waals surface area (Å²) in [6.45, 7) is 0. The van der Waals surface area contributed by atoms with Crippen LogP contribution in [0.25, 0.3) is 0 Å². The fourth-order valence-electron chi connectivity index (χ4n) is 1.30. The second-order valence-corrected chi connectivity index (χ2v) is 3.59. The van der Waals surface area contributed by atoms with E-state index in [2.05, 4.69) is 10.2 Å². The van der Waals surface area contributed by atoms with E-state index in [1.807, 2.05) is 0 Å². The van der Waals surface area contributed by atoms with Crippen LogP contribution in [0.1, 0.15) is 11.1 Å². The van der Waals surface area contributed by atoms with Gasteiger partial charge in [0.05, 0.1) is 12.4 Å². The summed E-state index contributed by atoms with van der Waals surface area (Å²) in [6, 6.07) is 11.8. The summed E-state index contributed by atoms with van der Waals surface area (Å²) in [6.07, 6.45) is 3.03. The van der Waals surface area contributed by atoms with Gasteiger partial charge in [0.25, 0.3) is 0 Å². The number of halogens is 2. The maximum absolute atomic E-state index is 12.6. The van der Waals surface area contributed by atoms with Gasteiger partial charge in [0, 0.05) is 0 Å². The molecule has 2 aromatic carbocycles. The van der Waals surface area contributed by atoms with Gasteiger partial charge < -0.3 is 0 Å². The number of rotatable bonds is 3. The maximum atomic E-state index is 12.6. The van der Waals surface area contributed by atoms with E-state index in [1.54, 1.807) is 24.3 Å². The molecule has 0 unspecified atom stereocenters. The highest BCUT2D eigenvalue weighted by molar-refractivity contribution is 5.82. The van der Waals surface area contributed by atoms with Crippen molar-refractivity contribution < 1.29 is 8.78 Å². The molecule has 2 rings (SSSR count). The molecule has 0 heterocycles. The molecule has 0 radical (unpaired) electrons. The van der Waals surface area contributed by atoms with Gasteiger partial charge in [-0.1, -0.05) is 24.3 Å². The molecule has 0 aliphatic carbocycles. The van der Waals surface area contributed by atoms with E-state index in [-0.39, 0.29) is 11.6 Å². The van der Waals surface area contributed by atoms with Crippen LogP contribution in [0.4, 0.5) is 8.78 Å². The van der Waals surface area contributed by atoms with E-state index < -0.39 is 0 Å². The molecule has 4 heteroatoms. The summed E-state index contributed by atoms with van der Waals surface area (Å²) < 4.78 is 25.2. The van der Waals surface area contributed by atoms with Gasteiger partial charge >= 0.3 is 0 Å². The van der Waals surface area contributed by atoms with Gasteiger partial charge in [-0.15, -0.1) is 0 Å². The molecular weight excluding hydrogens is 234 g/mol. The zero-order valence-electron chi connectivity index (χ0n) is 9.42. The molecule has 0 amide bonds. The molecule has 0 saturated heterocycles. The van der Waals surface area contributed by atoms with Crippen molar-refractivity contribution in [1.82, 2.24) is 0 Å². The van der Waals surface area contributed by atoms with Crippen molar-refractivity contribution in [2.45, 2.75) is 0 Å². The Labute approximate surface area is 103 Å². The van der Waals surface area contributed by atoms with Crippen LogP contribution in [0.2, 0.25) is 0 Å². The van der Waals surface area contributed by atoms with E-state index in [0.29, 0.717) is 0 Å². The van der Waals surface area contributed by atoms with Gasteiger partial charge in [-0.25, -0.2) is 8.78 Å². The Balaban J connectivity index is 1.98. The summed E-state index contributed by atoms with van der Waals surface area (Å²) in [5.41, 5.74) is 1.51. The van der Waals surface area contributed by atoms with Crippen molar-refractivity contribution >= 4 is 12.4 Å². The van der Waals surface area contributed by atoms with Crippen LogP contribution < -0.4 is 0 Å². The standard InChI is InChI=1S/C14H10F2N2/c15-13-5-1-11(2-6-13)9-17-18-10-12-3-7-14(16)8-4-12/h1-10H/b17-9+,18-10+. The molecule has 2 aromatic rings. The van der Waals surface area contributed by atoms with Crippen molar-refractivity contribution in [3.63, 3.8) is 0 Å². The van der Waals surface area contributed by atoms with Crippen molar-refractivity contribution in [3.05, 3.63) is 71.3 Å². The second-order valence-electron chi connectivity index (χ2n) is 3.59. The highest BCUT2D eigenvalue weighted by Crippen LogP contribution is 2.01. The fraction of sp³-hybridized carbons (Fsp3) is 0. The predicted molar refractivity (Wildman–Crippen MR) is 68.0 cm³/mol. The monoisotopic (exact) mass is 244 g/mol. The van der Waals surface area contributed by atoms with Crippen molar-refractivity contribution in [2.24, 2.45) is 10.2 Å². The Morgan fingerprint density at radius 1 is 0.611 bits per heavy atom. The molecule has 0 atom stereocenters. The van der Waals surface area contributed by atoms with Crippen molar-refractivity contribution in [3.8, 4) is 0 Å². The van der Waals surface area contributed by atoms with Crippen LogP contribution in [0.15, 0.2) is 58.7 Å². The lowest BCUT2D eigenvalue weighted by Gasteiger charge is -1.91. The summed E-state index contributed by atoms with van der Waals surface area (Å²) >= 11 is 0. The zero-order chi connectivity index (χ0) is 12.8. The zero-order valence-corrected chi connectivity index (χ0v) is 9.42. The second kappa shape index (κ2) is 5.82. The van der Waals surface area contributed by atoms with Gasteiger partial charge in [0.15, 0.2) is 0 Å². The number of nitrogens with zero attached hydrogens (tertiary/aromatic N) is 2. The molecule has 0 spiro atoms. The Kier molecular flexibility index (Phi) is 3.91. The Morgan fingerprint density at radius 2 is 0.944 bits per heavy atom. The molecule has 0 N–H and O–H groups in total. The summed E-state index contributed by atoms with van der Waals surface area (Å²) in [5.74, 6) is -0.580. The minimum Gasteiger partial charge on any atom is -0.207 e. The first-order valence-electron chi connectivity index (χ1n) is 5.31. The first-order valence-corrected chi connectivity index (χ1v) is 5.31. The van der Waals surface area contributed by atoms with Crippen LogP contribution >= 0.6 is 0 Å². The molecule has 2 nitrogen and oxygen atoms in total. The molecule has 0 aromatic heterocycles. The molecule has 0 fully saturated rings. The van der Waals surface area contributed by atoms with Crippen molar-refractivity contribution in [1.29, 1.82) is 0 Å². The average Bonchev–Trinajstić information content (AvgIpc) is 2.39. The smallest absolute Gasteiger partial charge is 0.123 e. The normalized spacial score (nSPS) is 11.4. The van der Waals surface area contributed by atoms with E-state index >= 15 is 0 Å². The highest BCUT2D eigenvalue weighted by atomic mass is 19.1. The minimum absolute atomic E-state index is 0.290. The molecular formula is C14H10F2N2. The van der Waals surface area contributed by atoms with Crippen molar-refractivity contribution in [2.75, 3.05) is 0 Å². The van der Waals surface area contributed by atoms with Gasteiger partial charge in [-0.05, 0) is 35.4 Å². The Bertz CT molecular complexity index is 504. The quantitative estimate of drug-likeness (QED) is 0.584. The predicted octanol–water partition coefficient (Wildman–Crippen LogP) is 3.42. The van der Waals surface area contributed by atoms with Gasteiger partial charge in [-0.2, -0.15) is 10.2 Å². The third kappa shape index (κ3) is 3.59. The van der Waals surface area contributed by atoms with Crippen LogP contribution in [0, 0.1) is 11.6 Å². The Morgan fingerprint density at radius 3 is 1.28 bits per heavy atom. The molecule has 0 bridgehead atoms. The van der Waals surface area contributed by atoms with E-state index in [9.17, 15) is 8.78 Å². The van der Waals surface area contributed by atoms with E-state index in [1.165, 1.54) is 36.7 Å². The fourth-order valence-corrected chi connectivity index (χ4v) is 1.30. The van der Waals surface area contributed by atoms with E-state index in [4.69, 9.17) is 0 Å². The summed E-state index contributed by atoms with van der Waals surface area (Å²) in [5, 5.41) is 7.63. The maximum Gasteiger partial charge on any atom is 0.123 e. The lowest BCUT2D eigenvalue weighted by Crippen LogP contribution is -1.82. The third-order valence-electron chi connectivity index (χ3n) is 2.22. The molecule has 0 aliphatic heterocycles. The first-order chi connectivity index (χ1) is 8.74. The lowest BCUT2D eigenvalue weighted by atomic mass is 10.2. The average molecular weight is 244 g/mol. The number of benzene rings is 2. The van der Waals surface area contributed by atoms with Gasteiger partial charge in [-0.3, -0.25) is 0 Å². The lowest BCUT2D eigenvalue weighted by molar-refractivity contribution is 0.627. The number of hydrogen-bond donors (Lipinski definition) is 0. The molecule has 0 aliphatic rings. The third-order valence-corrected chi connectivity index (χ3v) is 2.22.